The third-order valence-electron chi connectivity index (χ3n) is 7.08. The molecule has 0 aliphatic rings. The van der Waals surface area contributed by atoms with Gasteiger partial charge in [0.05, 0.1) is 23.8 Å². The number of nitrogen functional groups attached to an aromatic ring is 1. The van der Waals surface area contributed by atoms with Crippen LogP contribution in [-0.4, -0.2) is 39.0 Å². The number of amides is 1. The largest absolute Gasteiger partial charge is 0.398 e. The smallest absolute Gasteiger partial charge is 0.267 e. The van der Waals surface area contributed by atoms with Gasteiger partial charge in [0.25, 0.3) is 5.91 Å². The number of fused-ring (bicyclic) bond motifs is 1. The fraction of sp³-hybridized carbons (Fsp3) is 0.207. The number of rotatable bonds is 8. The van der Waals surface area contributed by atoms with E-state index in [1.165, 1.54) is 12.4 Å². The van der Waals surface area contributed by atoms with Gasteiger partial charge in [-0.1, -0.05) is 24.6 Å². The number of hydrogen-bond acceptors (Lipinski definition) is 8. The summed E-state index contributed by atoms with van der Waals surface area (Å²) >= 11 is 0. The Bertz CT molecular complexity index is 1800. The van der Waals surface area contributed by atoms with Crippen LogP contribution < -0.4 is 32.7 Å². The van der Waals surface area contributed by atoms with Crippen LogP contribution in [0.4, 0.5) is 17.2 Å². The first kappa shape index (κ1) is 28.3. The Morgan fingerprint density at radius 3 is 2.73 bits per heavy atom. The van der Waals surface area contributed by atoms with Crippen LogP contribution in [0.1, 0.15) is 50.1 Å². The third kappa shape index (κ3) is 5.24. The van der Waals surface area contributed by atoms with E-state index in [2.05, 4.69) is 29.5 Å². The van der Waals surface area contributed by atoms with Gasteiger partial charge in [0, 0.05) is 46.3 Å². The number of hydrogen-bond donors (Lipinski definition) is 5. The molecule has 4 rings (SSSR count). The van der Waals surface area contributed by atoms with Gasteiger partial charge in [-0.3, -0.25) is 9.78 Å². The van der Waals surface area contributed by atoms with Crippen molar-refractivity contribution in [3.63, 3.8) is 0 Å². The molecule has 11 heteroatoms. The lowest BCUT2D eigenvalue weighted by molar-refractivity contribution is -0.113. The van der Waals surface area contributed by atoms with Crippen molar-refractivity contribution in [2.45, 2.75) is 33.2 Å². The molecule has 1 amide bonds. The summed E-state index contributed by atoms with van der Waals surface area (Å²) < 4.78 is 0. The minimum atomic E-state index is -0.597. The number of likely N-dealkylation sites (N-methyl/N-ethyl adjacent to an activating group) is 1. The SMILES string of the molecule is CC/C(C)=c1/c(=C(/C(N)=O)N(C)C(C)c2ccc(P)cc2Nc2cncc(C#N)n2)[nH]c2ccc(N)c(C=N)c12. The van der Waals surface area contributed by atoms with Crippen LogP contribution in [0.25, 0.3) is 22.2 Å². The highest BCUT2D eigenvalue weighted by Crippen LogP contribution is 2.30. The molecule has 0 saturated heterocycles. The zero-order chi connectivity index (χ0) is 29.1. The fourth-order valence-corrected chi connectivity index (χ4v) is 5.07. The molecule has 40 heavy (non-hydrogen) atoms. The van der Waals surface area contributed by atoms with Crippen molar-refractivity contribution >= 4 is 66.0 Å². The van der Waals surface area contributed by atoms with E-state index < -0.39 is 5.91 Å². The Kier molecular flexibility index (Phi) is 8.17. The van der Waals surface area contributed by atoms with Crippen LogP contribution in [0.5, 0.6) is 0 Å². The minimum absolute atomic E-state index is 0.196. The fourth-order valence-electron chi connectivity index (χ4n) is 4.81. The summed E-state index contributed by atoms with van der Waals surface area (Å²) in [5.41, 5.74) is 17.2. The molecular weight excluding hydrogens is 521 g/mol. The van der Waals surface area contributed by atoms with Gasteiger partial charge in [0.15, 0.2) is 5.69 Å². The lowest BCUT2D eigenvalue weighted by Crippen LogP contribution is -2.40. The van der Waals surface area contributed by atoms with Gasteiger partial charge >= 0.3 is 0 Å². The summed E-state index contributed by atoms with van der Waals surface area (Å²) in [7, 11) is 4.49. The number of carbonyl (C=O) groups is 1. The van der Waals surface area contributed by atoms with Gasteiger partial charge in [-0.15, -0.1) is 9.24 Å². The molecule has 2 heterocycles. The highest BCUT2D eigenvalue weighted by Gasteiger charge is 2.24. The number of H-pyrrole nitrogens is 1. The summed E-state index contributed by atoms with van der Waals surface area (Å²) in [6, 6.07) is 11.1. The van der Waals surface area contributed by atoms with Crippen molar-refractivity contribution in [3.05, 3.63) is 70.1 Å². The molecule has 0 spiro atoms. The molecule has 0 fully saturated rings. The van der Waals surface area contributed by atoms with Crippen molar-refractivity contribution in [2.75, 3.05) is 18.1 Å². The van der Waals surface area contributed by atoms with Gasteiger partial charge in [-0.25, -0.2) is 4.98 Å². The van der Waals surface area contributed by atoms with Crippen LogP contribution in [0.3, 0.4) is 0 Å². The quantitative estimate of drug-likeness (QED) is 0.127. The number of benzene rings is 2. The third-order valence-corrected chi connectivity index (χ3v) is 7.44. The normalized spacial score (nSPS) is 13.3. The van der Waals surface area contributed by atoms with E-state index in [9.17, 15) is 10.1 Å². The first-order valence-corrected chi connectivity index (χ1v) is 13.2. The van der Waals surface area contributed by atoms with Crippen molar-refractivity contribution in [2.24, 2.45) is 5.73 Å². The van der Waals surface area contributed by atoms with E-state index >= 15 is 0 Å². The van der Waals surface area contributed by atoms with E-state index in [0.717, 1.165) is 44.7 Å². The molecule has 2 aromatic carbocycles. The molecule has 2 atom stereocenters. The molecule has 0 aliphatic carbocycles. The number of carbonyl (C=O) groups excluding carboxylic acids is 1. The second kappa shape index (κ2) is 11.6. The number of primary amides is 1. The number of nitrogens with one attached hydrogen (secondary N) is 3. The Morgan fingerprint density at radius 2 is 2.08 bits per heavy atom. The van der Waals surface area contributed by atoms with Crippen molar-refractivity contribution in [1.29, 1.82) is 10.7 Å². The van der Waals surface area contributed by atoms with E-state index in [0.29, 0.717) is 28.1 Å². The molecule has 4 aromatic rings. The molecule has 2 aromatic heterocycles. The van der Waals surface area contributed by atoms with Crippen LogP contribution in [0, 0.1) is 16.7 Å². The predicted molar refractivity (Wildman–Crippen MR) is 164 cm³/mol. The van der Waals surface area contributed by atoms with Gasteiger partial charge in [0.1, 0.15) is 17.6 Å². The van der Waals surface area contributed by atoms with E-state index in [1.54, 1.807) is 12.3 Å². The van der Waals surface area contributed by atoms with E-state index in [4.69, 9.17) is 16.9 Å². The summed E-state index contributed by atoms with van der Waals surface area (Å²) in [5.74, 6) is -0.173. The monoisotopic (exact) mass is 553 g/mol. The maximum absolute atomic E-state index is 13.1. The second-order valence-electron chi connectivity index (χ2n) is 9.52. The molecule has 7 N–H and O–H groups in total. The number of aromatic amines is 1. The van der Waals surface area contributed by atoms with Crippen molar-refractivity contribution in [1.82, 2.24) is 19.9 Å². The maximum atomic E-state index is 13.1. The van der Waals surface area contributed by atoms with Gasteiger partial charge in [-0.05, 0) is 49.3 Å². The molecular formula is C29H32N9OP. The number of anilines is 3. The van der Waals surface area contributed by atoms with Gasteiger partial charge in [-0.2, -0.15) is 5.26 Å². The van der Waals surface area contributed by atoms with Crippen molar-refractivity contribution in [3.8, 4) is 6.07 Å². The standard InChI is InChI=1S/C29H32N9OP/c1-5-15(2)25-26-20(12-31)21(32)8-9-22(26)37-27(25)28(29(33)39)38(4)16(3)19-7-6-18(40)10-23(19)36-24-14-34-13-17(11-30)35-24/h6-10,12-14,16,31,37H,5,32,40H2,1-4H3,(H2,33,39)(H,35,36)/b25-15+,28-27+,31-12?. The number of nitrogens with two attached hydrogens (primary N) is 2. The second-order valence-corrected chi connectivity index (χ2v) is 10.2. The lowest BCUT2D eigenvalue weighted by Gasteiger charge is -2.29. The van der Waals surface area contributed by atoms with E-state index in [-0.39, 0.29) is 11.7 Å². The summed E-state index contributed by atoms with van der Waals surface area (Å²) in [6.07, 6.45) is 4.91. The van der Waals surface area contributed by atoms with E-state index in [1.807, 2.05) is 63.1 Å². The Hall–Kier alpha value is -4.74. The Balaban J connectivity index is 1.95. The number of aromatic nitrogens is 3. The van der Waals surface area contributed by atoms with Crippen molar-refractivity contribution < 1.29 is 4.79 Å². The first-order valence-electron chi connectivity index (χ1n) is 12.7. The zero-order valence-corrected chi connectivity index (χ0v) is 24.0. The van der Waals surface area contributed by atoms with Crippen LogP contribution in [0.2, 0.25) is 0 Å². The maximum Gasteiger partial charge on any atom is 0.267 e. The lowest BCUT2D eigenvalue weighted by atomic mass is 10.0. The van der Waals surface area contributed by atoms with Gasteiger partial charge < -0.3 is 32.1 Å². The first-order chi connectivity index (χ1) is 19.1. The highest BCUT2D eigenvalue weighted by atomic mass is 31.0. The predicted octanol–water partition coefficient (Wildman–Crippen LogP) is 2.52. The van der Waals surface area contributed by atoms with Crippen LogP contribution in [0.15, 0.2) is 42.7 Å². The topological polar surface area (TPSA) is 174 Å². The van der Waals surface area contributed by atoms with Crippen LogP contribution in [-0.2, 0) is 4.79 Å². The summed E-state index contributed by atoms with van der Waals surface area (Å²) in [4.78, 5) is 26.7. The Morgan fingerprint density at radius 1 is 1.32 bits per heavy atom. The molecule has 0 saturated carbocycles. The average molecular weight is 554 g/mol. The molecule has 204 valence electrons. The highest BCUT2D eigenvalue weighted by molar-refractivity contribution is 7.27. The minimum Gasteiger partial charge on any atom is -0.398 e. The molecule has 0 aliphatic heterocycles. The summed E-state index contributed by atoms with van der Waals surface area (Å²) in [6.45, 7) is 6.02. The Labute approximate surface area is 234 Å². The summed E-state index contributed by atoms with van der Waals surface area (Å²) in [5, 5.41) is 23.6. The average Bonchev–Trinajstić information content (AvgIpc) is 3.31. The molecule has 2 unspecified atom stereocenters. The number of nitrogens with zero attached hydrogens (tertiary/aromatic N) is 4. The molecule has 10 nitrogen and oxygen atoms in total. The van der Waals surface area contributed by atoms with Crippen LogP contribution >= 0.6 is 9.24 Å². The molecule has 0 bridgehead atoms. The zero-order valence-electron chi connectivity index (χ0n) is 22.8. The number of nitriles is 1. The molecule has 0 radical (unpaired) electrons. The van der Waals surface area contributed by atoms with Gasteiger partial charge in [0.2, 0.25) is 0 Å².